The molecule has 1 fully saturated rings. The molecule has 1 aliphatic rings. The van der Waals surface area contributed by atoms with Crippen LogP contribution >= 0.6 is 0 Å². The van der Waals surface area contributed by atoms with Crippen molar-refractivity contribution in [1.29, 1.82) is 0 Å². The molecule has 3 rings (SSSR count). The summed E-state index contributed by atoms with van der Waals surface area (Å²) in [4.78, 5) is 25.6. The first-order chi connectivity index (χ1) is 11.6. The third-order valence-corrected chi connectivity index (χ3v) is 3.84. The summed E-state index contributed by atoms with van der Waals surface area (Å²) in [5, 5.41) is 2.83. The maximum Gasteiger partial charge on any atom is 0.244 e. The molecule has 1 aliphatic heterocycles. The van der Waals surface area contributed by atoms with E-state index in [0.29, 0.717) is 12.2 Å². The van der Waals surface area contributed by atoms with Crippen LogP contribution in [0.2, 0.25) is 0 Å². The van der Waals surface area contributed by atoms with E-state index in [1.165, 1.54) is 18.2 Å². The fraction of sp³-hybridized carbons (Fsp3) is 0.158. The molecule has 1 saturated heterocycles. The van der Waals surface area contributed by atoms with Gasteiger partial charge in [0.25, 0.3) is 0 Å². The smallest absolute Gasteiger partial charge is 0.244 e. The fourth-order valence-corrected chi connectivity index (χ4v) is 2.66. The Morgan fingerprint density at radius 2 is 1.83 bits per heavy atom. The monoisotopic (exact) mass is 324 g/mol. The van der Waals surface area contributed by atoms with Crippen molar-refractivity contribution in [3.8, 4) is 0 Å². The average Bonchev–Trinajstić information content (AvgIpc) is 2.95. The van der Waals surface area contributed by atoms with Crippen LogP contribution in [0.15, 0.2) is 60.7 Å². The molecule has 0 bridgehead atoms. The molecule has 1 N–H and O–H groups in total. The van der Waals surface area contributed by atoms with Crippen LogP contribution in [-0.2, 0) is 9.59 Å². The van der Waals surface area contributed by atoms with Crippen LogP contribution in [0.3, 0.4) is 0 Å². The summed E-state index contributed by atoms with van der Waals surface area (Å²) in [6, 6.07) is 15.0. The minimum atomic E-state index is -0.346. The Morgan fingerprint density at radius 3 is 2.54 bits per heavy atom. The van der Waals surface area contributed by atoms with Crippen LogP contribution in [0.25, 0.3) is 6.08 Å². The van der Waals surface area contributed by atoms with Gasteiger partial charge in [0.1, 0.15) is 5.82 Å². The lowest BCUT2D eigenvalue weighted by Crippen LogP contribution is -2.36. The quantitative estimate of drug-likeness (QED) is 0.879. The summed E-state index contributed by atoms with van der Waals surface area (Å²) in [5.41, 5.74) is 1.57. The van der Waals surface area contributed by atoms with Gasteiger partial charge in [0, 0.05) is 24.7 Å². The Morgan fingerprint density at radius 1 is 1.12 bits per heavy atom. The second kappa shape index (κ2) is 7.08. The first kappa shape index (κ1) is 15.9. The van der Waals surface area contributed by atoms with Gasteiger partial charge in [-0.05, 0) is 35.9 Å². The van der Waals surface area contributed by atoms with E-state index in [1.807, 2.05) is 30.3 Å². The normalized spacial score (nSPS) is 17.5. The molecule has 24 heavy (non-hydrogen) atoms. The van der Waals surface area contributed by atoms with Crippen molar-refractivity contribution in [1.82, 2.24) is 5.32 Å². The number of halogens is 1. The predicted octanol–water partition coefficient (Wildman–Crippen LogP) is 2.76. The molecule has 0 saturated carbocycles. The second-order valence-electron chi connectivity index (χ2n) is 5.63. The van der Waals surface area contributed by atoms with Crippen molar-refractivity contribution in [2.24, 2.45) is 0 Å². The van der Waals surface area contributed by atoms with E-state index in [-0.39, 0.29) is 30.1 Å². The molecule has 2 aromatic rings. The zero-order valence-electron chi connectivity index (χ0n) is 13.0. The van der Waals surface area contributed by atoms with Gasteiger partial charge < -0.3 is 10.2 Å². The van der Waals surface area contributed by atoms with Crippen molar-refractivity contribution in [2.75, 3.05) is 11.4 Å². The Labute approximate surface area is 139 Å². The number of benzene rings is 2. The molecule has 1 heterocycles. The summed E-state index contributed by atoms with van der Waals surface area (Å²) >= 11 is 0. The molecule has 0 radical (unpaired) electrons. The molecule has 5 heteroatoms. The Balaban J connectivity index is 1.59. The van der Waals surface area contributed by atoms with Gasteiger partial charge in [-0.2, -0.15) is 0 Å². The van der Waals surface area contributed by atoms with Crippen LogP contribution < -0.4 is 10.2 Å². The lowest BCUT2D eigenvalue weighted by Gasteiger charge is -2.16. The Kier molecular flexibility index (Phi) is 4.70. The van der Waals surface area contributed by atoms with Gasteiger partial charge in [0.15, 0.2) is 0 Å². The van der Waals surface area contributed by atoms with Gasteiger partial charge in [0.2, 0.25) is 11.8 Å². The molecule has 2 aromatic carbocycles. The number of anilines is 1. The summed E-state index contributed by atoms with van der Waals surface area (Å²) in [6.07, 6.45) is 3.42. The number of rotatable bonds is 4. The number of carbonyl (C=O) groups is 2. The maximum atomic E-state index is 13.0. The highest BCUT2D eigenvalue weighted by Crippen LogP contribution is 2.21. The highest BCUT2D eigenvalue weighted by molar-refractivity contribution is 5.98. The summed E-state index contributed by atoms with van der Waals surface area (Å²) in [5.74, 6) is -0.669. The summed E-state index contributed by atoms with van der Waals surface area (Å²) in [7, 11) is 0. The highest BCUT2D eigenvalue weighted by atomic mass is 19.1. The van der Waals surface area contributed by atoms with Crippen LogP contribution in [0.4, 0.5) is 10.1 Å². The zero-order valence-corrected chi connectivity index (χ0v) is 13.0. The van der Waals surface area contributed by atoms with Crippen LogP contribution in [0, 0.1) is 5.82 Å². The van der Waals surface area contributed by atoms with E-state index in [4.69, 9.17) is 0 Å². The molecule has 1 atom stereocenters. The third-order valence-electron chi connectivity index (χ3n) is 3.84. The van der Waals surface area contributed by atoms with Crippen molar-refractivity contribution < 1.29 is 14.0 Å². The van der Waals surface area contributed by atoms with E-state index < -0.39 is 0 Å². The largest absolute Gasteiger partial charge is 0.347 e. The minimum Gasteiger partial charge on any atom is -0.347 e. The van der Waals surface area contributed by atoms with Gasteiger partial charge in [-0.15, -0.1) is 0 Å². The minimum absolute atomic E-state index is 0.0843. The van der Waals surface area contributed by atoms with Gasteiger partial charge in [0.05, 0.1) is 6.04 Å². The van der Waals surface area contributed by atoms with Gasteiger partial charge in [-0.25, -0.2) is 4.39 Å². The maximum absolute atomic E-state index is 13.0. The first-order valence-electron chi connectivity index (χ1n) is 7.71. The first-order valence-corrected chi connectivity index (χ1v) is 7.71. The molecule has 122 valence electrons. The van der Waals surface area contributed by atoms with E-state index in [2.05, 4.69) is 5.32 Å². The number of amides is 2. The Hall–Kier alpha value is -2.95. The SMILES string of the molecule is O=C(/C=C\c1ccccc1)NC1CC(=O)N(c2ccc(F)cc2)C1. The molecule has 0 spiro atoms. The van der Waals surface area contributed by atoms with E-state index in [9.17, 15) is 14.0 Å². The van der Waals surface area contributed by atoms with Gasteiger partial charge in [-0.1, -0.05) is 30.3 Å². The molecular weight excluding hydrogens is 307 g/mol. The Bertz CT molecular complexity index is 757. The standard InChI is InChI=1S/C19H17FN2O2/c20-15-7-9-17(10-8-15)22-13-16(12-19(22)24)21-18(23)11-6-14-4-2-1-3-5-14/h1-11,16H,12-13H2,(H,21,23)/b11-6-. The topological polar surface area (TPSA) is 49.4 Å². The second-order valence-corrected chi connectivity index (χ2v) is 5.63. The van der Waals surface area contributed by atoms with Crippen molar-refractivity contribution >= 4 is 23.6 Å². The molecule has 0 aliphatic carbocycles. The highest BCUT2D eigenvalue weighted by Gasteiger charge is 2.31. The number of nitrogens with zero attached hydrogens (tertiary/aromatic N) is 1. The summed E-state index contributed by atoms with van der Waals surface area (Å²) < 4.78 is 13.0. The van der Waals surface area contributed by atoms with Gasteiger partial charge in [-0.3, -0.25) is 9.59 Å². The number of hydrogen-bond acceptors (Lipinski definition) is 2. The van der Waals surface area contributed by atoms with E-state index >= 15 is 0 Å². The fourth-order valence-electron chi connectivity index (χ4n) is 2.66. The van der Waals surface area contributed by atoms with E-state index in [0.717, 1.165) is 5.56 Å². The molecule has 2 amide bonds. The van der Waals surface area contributed by atoms with Crippen molar-refractivity contribution in [2.45, 2.75) is 12.5 Å². The number of hydrogen-bond donors (Lipinski definition) is 1. The van der Waals surface area contributed by atoms with Gasteiger partial charge >= 0.3 is 0 Å². The van der Waals surface area contributed by atoms with Crippen molar-refractivity contribution in [3.05, 3.63) is 72.1 Å². The van der Waals surface area contributed by atoms with Crippen LogP contribution in [0.1, 0.15) is 12.0 Å². The molecule has 1 unspecified atom stereocenters. The predicted molar refractivity (Wildman–Crippen MR) is 90.8 cm³/mol. The van der Waals surface area contributed by atoms with Crippen LogP contribution in [0.5, 0.6) is 0 Å². The van der Waals surface area contributed by atoms with Crippen LogP contribution in [-0.4, -0.2) is 24.4 Å². The number of carbonyl (C=O) groups excluding carboxylic acids is 2. The number of nitrogens with one attached hydrogen (secondary N) is 1. The van der Waals surface area contributed by atoms with Crippen molar-refractivity contribution in [3.63, 3.8) is 0 Å². The van der Waals surface area contributed by atoms with E-state index in [1.54, 1.807) is 23.1 Å². The lowest BCUT2D eigenvalue weighted by molar-refractivity contribution is -0.117. The average molecular weight is 324 g/mol. The third kappa shape index (κ3) is 3.87. The molecule has 4 nitrogen and oxygen atoms in total. The lowest BCUT2D eigenvalue weighted by atomic mass is 10.2. The molecular formula is C19H17FN2O2. The zero-order chi connectivity index (χ0) is 16.9. The molecule has 0 aromatic heterocycles. The summed E-state index contributed by atoms with van der Waals surface area (Å²) in [6.45, 7) is 0.384.